The van der Waals surface area contributed by atoms with E-state index in [9.17, 15) is 4.39 Å². The number of imidazole rings is 1. The predicted octanol–water partition coefficient (Wildman–Crippen LogP) is 2.29. The van der Waals surface area contributed by atoms with Crippen molar-refractivity contribution >= 4 is 5.95 Å². The third-order valence-electron chi connectivity index (χ3n) is 3.08. The van der Waals surface area contributed by atoms with Crippen molar-refractivity contribution in [1.29, 1.82) is 0 Å². The van der Waals surface area contributed by atoms with Crippen LogP contribution in [-0.2, 0) is 6.54 Å². The monoisotopic (exact) mass is 246 g/mol. The van der Waals surface area contributed by atoms with Crippen LogP contribution < -0.4 is 5.32 Å². The quantitative estimate of drug-likeness (QED) is 0.880. The van der Waals surface area contributed by atoms with Gasteiger partial charge in [0.15, 0.2) is 0 Å². The van der Waals surface area contributed by atoms with E-state index in [0.29, 0.717) is 6.54 Å². The molecule has 0 saturated heterocycles. The van der Waals surface area contributed by atoms with Crippen molar-refractivity contribution in [3.63, 3.8) is 0 Å². The van der Waals surface area contributed by atoms with E-state index < -0.39 is 0 Å². The van der Waals surface area contributed by atoms with Crippen LogP contribution in [0.15, 0.2) is 30.7 Å². The summed E-state index contributed by atoms with van der Waals surface area (Å²) in [5.41, 5.74) is 0.823. The molecule has 0 spiro atoms. The smallest absolute Gasteiger partial charge is 0.203 e. The molecule has 0 amide bonds. The summed E-state index contributed by atoms with van der Waals surface area (Å²) in [5, 5.41) is 3.34. The third-order valence-corrected chi connectivity index (χ3v) is 3.08. The van der Waals surface area contributed by atoms with Crippen LogP contribution in [0.1, 0.15) is 18.5 Å². The van der Waals surface area contributed by atoms with E-state index in [-0.39, 0.29) is 5.82 Å². The number of halogens is 1. The molecule has 3 rings (SSSR count). The molecule has 1 fully saturated rings. The predicted molar refractivity (Wildman–Crippen MR) is 66.7 cm³/mol. The van der Waals surface area contributed by atoms with Gasteiger partial charge >= 0.3 is 0 Å². The van der Waals surface area contributed by atoms with Crippen LogP contribution in [0.5, 0.6) is 0 Å². The van der Waals surface area contributed by atoms with Crippen LogP contribution in [0.4, 0.5) is 10.3 Å². The maximum Gasteiger partial charge on any atom is 0.203 e. The molecule has 2 heterocycles. The molecule has 1 saturated carbocycles. The molecule has 2 aromatic rings. The number of hydrogen-bond donors (Lipinski definition) is 1. The first-order valence-corrected chi connectivity index (χ1v) is 6.17. The van der Waals surface area contributed by atoms with E-state index in [1.807, 2.05) is 10.8 Å². The number of anilines is 1. The van der Waals surface area contributed by atoms with Crippen molar-refractivity contribution in [2.45, 2.75) is 19.4 Å². The lowest BCUT2D eigenvalue weighted by molar-refractivity contribution is 0.617. The fourth-order valence-corrected chi connectivity index (χ4v) is 1.84. The zero-order valence-electron chi connectivity index (χ0n) is 10.0. The normalized spacial score (nSPS) is 14.7. The first-order chi connectivity index (χ1) is 8.81. The third kappa shape index (κ3) is 2.67. The Hall–Kier alpha value is -1.91. The van der Waals surface area contributed by atoms with E-state index in [1.54, 1.807) is 12.3 Å². The number of aromatic nitrogens is 3. The molecule has 0 aromatic carbocycles. The Balaban J connectivity index is 1.67. The van der Waals surface area contributed by atoms with Gasteiger partial charge < -0.3 is 9.88 Å². The van der Waals surface area contributed by atoms with Crippen LogP contribution in [0, 0.1) is 11.7 Å². The Kier molecular flexibility index (Phi) is 2.96. The Morgan fingerprint density at radius 1 is 1.33 bits per heavy atom. The van der Waals surface area contributed by atoms with Gasteiger partial charge in [-0.15, -0.1) is 0 Å². The van der Waals surface area contributed by atoms with Crippen molar-refractivity contribution in [2.75, 3.05) is 11.9 Å². The van der Waals surface area contributed by atoms with Crippen molar-refractivity contribution < 1.29 is 4.39 Å². The molecular weight excluding hydrogens is 231 g/mol. The summed E-state index contributed by atoms with van der Waals surface area (Å²) < 4.78 is 14.8. The fraction of sp³-hybridized carbons (Fsp3) is 0.385. The average molecular weight is 246 g/mol. The number of nitrogens with zero attached hydrogens (tertiary/aromatic N) is 3. The van der Waals surface area contributed by atoms with Gasteiger partial charge in [0.2, 0.25) is 5.95 Å². The summed E-state index contributed by atoms with van der Waals surface area (Å²) in [7, 11) is 0. The lowest BCUT2D eigenvalue weighted by atomic mass is 10.3. The first kappa shape index (κ1) is 11.2. The Bertz CT molecular complexity index is 516. The van der Waals surface area contributed by atoms with Gasteiger partial charge in [-0.25, -0.2) is 9.37 Å². The fourth-order valence-electron chi connectivity index (χ4n) is 1.84. The van der Waals surface area contributed by atoms with Gasteiger partial charge in [-0.1, -0.05) is 0 Å². The minimum atomic E-state index is -0.309. The van der Waals surface area contributed by atoms with Crippen LogP contribution in [0.2, 0.25) is 0 Å². The number of nitrogens with one attached hydrogen (secondary N) is 1. The van der Waals surface area contributed by atoms with E-state index in [2.05, 4.69) is 15.3 Å². The summed E-state index contributed by atoms with van der Waals surface area (Å²) in [6, 6.07) is 3.12. The van der Waals surface area contributed by atoms with Gasteiger partial charge in [0.05, 0.1) is 18.4 Å². The molecule has 1 aliphatic rings. The maximum atomic E-state index is 12.8. The Morgan fingerprint density at radius 3 is 2.94 bits per heavy atom. The maximum absolute atomic E-state index is 12.8. The van der Waals surface area contributed by atoms with Gasteiger partial charge in [0.25, 0.3) is 0 Å². The molecule has 0 bridgehead atoms. The van der Waals surface area contributed by atoms with Crippen molar-refractivity contribution in [3.8, 4) is 0 Å². The summed E-state index contributed by atoms with van der Waals surface area (Å²) in [4.78, 5) is 8.33. The molecule has 1 N–H and O–H groups in total. The molecular formula is C13H15FN4. The highest BCUT2D eigenvalue weighted by molar-refractivity contribution is 5.27. The van der Waals surface area contributed by atoms with Crippen LogP contribution >= 0.6 is 0 Å². The van der Waals surface area contributed by atoms with Gasteiger partial charge in [-0.3, -0.25) is 4.98 Å². The summed E-state index contributed by atoms with van der Waals surface area (Å²) in [6.07, 6.45) is 7.53. The molecule has 18 heavy (non-hydrogen) atoms. The highest BCUT2D eigenvalue weighted by Crippen LogP contribution is 2.28. The zero-order chi connectivity index (χ0) is 12.4. The topological polar surface area (TPSA) is 42.7 Å². The molecule has 2 aromatic heterocycles. The van der Waals surface area contributed by atoms with Crippen LogP contribution in [0.3, 0.4) is 0 Å². The van der Waals surface area contributed by atoms with E-state index in [4.69, 9.17) is 0 Å². The Labute approximate surface area is 105 Å². The molecule has 1 aliphatic carbocycles. The second-order valence-electron chi connectivity index (χ2n) is 4.67. The highest BCUT2D eigenvalue weighted by Gasteiger charge is 2.21. The van der Waals surface area contributed by atoms with Gasteiger partial charge in [-0.05, 0) is 30.9 Å². The number of pyridine rings is 1. The van der Waals surface area contributed by atoms with Crippen LogP contribution in [-0.4, -0.2) is 21.1 Å². The summed E-state index contributed by atoms with van der Waals surface area (Å²) in [5.74, 6) is 1.35. The highest BCUT2D eigenvalue weighted by atomic mass is 19.1. The van der Waals surface area contributed by atoms with Crippen molar-refractivity contribution in [1.82, 2.24) is 14.5 Å². The van der Waals surface area contributed by atoms with Crippen molar-refractivity contribution in [3.05, 3.63) is 42.2 Å². The lowest BCUT2D eigenvalue weighted by Gasteiger charge is -2.08. The molecule has 5 heteroatoms. The van der Waals surface area contributed by atoms with Gasteiger partial charge in [0.1, 0.15) is 5.82 Å². The largest absolute Gasteiger partial charge is 0.355 e. The minimum absolute atomic E-state index is 0.309. The molecule has 4 nitrogen and oxygen atoms in total. The van der Waals surface area contributed by atoms with E-state index in [1.165, 1.54) is 25.1 Å². The summed E-state index contributed by atoms with van der Waals surface area (Å²) >= 11 is 0. The SMILES string of the molecule is Fc1ccc(Cn2ccnc2NCC2CC2)nc1. The first-order valence-electron chi connectivity index (χ1n) is 6.17. The number of rotatable bonds is 5. The number of hydrogen-bond acceptors (Lipinski definition) is 3. The molecule has 94 valence electrons. The molecule has 0 aliphatic heterocycles. The standard InChI is InChI=1S/C13H15FN4/c14-11-3-4-12(16-8-11)9-18-6-5-15-13(18)17-7-10-1-2-10/h3-6,8,10H,1-2,7,9H2,(H,15,17). The lowest BCUT2D eigenvalue weighted by Crippen LogP contribution is -2.11. The van der Waals surface area contributed by atoms with E-state index in [0.717, 1.165) is 24.1 Å². The molecule has 0 unspecified atom stereocenters. The second kappa shape index (κ2) is 4.76. The Morgan fingerprint density at radius 2 is 2.22 bits per heavy atom. The summed E-state index contributed by atoms with van der Waals surface area (Å²) in [6.45, 7) is 1.58. The average Bonchev–Trinajstić information content (AvgIpc) is 3.11. The van der Waals surface area contributed by atoms with Crippen LogP contribution in [0.25, 0.3) is 0 Å². The zero-order valence-corrected chi connectivity index (χ0v) is 10.0. The van der Waals surface area contributed by atoms with Crippen molar-refractivity contribution in [2.24, 2.45) is 5.92 Å². The van der Waals surface area contributed by atoms with Gasteiger partial charge in [-0.2, -0.15) is 0 Å². The molecule has 0 radical (unpaired) electrons. The van der Waals surface area contributed by atoms with Gasteiger partial charge in [0, 0.05) is 18.9 Å². The van der Waals surface area contributed by atoms with E-state index >= 15 is 0 Å². The minimum Gasteiger partial charge on any atom is -0.355 e. The second-order valence-corrected chi connectivity index (χ2v) is 4.67. The molecule has 0 atom stereocenters.